The van der Waals surface area contributed by atoms with Crippen molar-refractivity contribution in [1.29, 1.82) is 0 Å². The summed E-state index contributed by atoms with van der Waals surface area (Å²) in [6.45, 7) is 16.0. The van der Waals surface area contributed by atoms with Gasteiger partial charge in [-0.05, 0) is 11.8 Å². The molecule has 3 N–H and O–H groups in total. The van der Waals surface area contributed by atoms with Gasteiger partial charge in [0.25, 0.3) is 0 Å². The third-order valence-electron chi connectivity index (χ3n) is 5.92. The molecule has 226 valence electrons. The Morgan fingerprint density at radius 2 is 1.56 bits per heavy atom. The number of likely N-dealkylation sites (tertiary alicyclic amines) is 1. The highest BCUT2D eigenvalue weighted by Crippen LogP contribution is 2.27. The molecule has 0 aromatic heterocycles. The number of hydrogen-bond donors (Lipinski definition) is 3. The number of nitrogens with zero attached hydrogens (tertiary/aromatic N) is 1. The molecule has 0 radical (unpaired) electrons. The van der Waals surface area contributed by atoms with E-state index in [4.69, 9.17) is 18.9 Å². The van der Waals surface area contributed by atoms with Crippen molar-refractivity contribution in [2.75, 3.05) is 59.3 Å². The SMILES string of the molecule is CCCNC(=O)C1CC(OC(C)=O)CN1C(=O)C(NC(=O)COCCOCCOCCNC(C)C)C(C)(C)C. The number of rotatable bonds is 18. The number of carbonyl (C=O) groups excluding carboxylic acids is 4. The van der Waals surface area contributed by atoms with Crippen LogP contribution in [0.5, 0.6) is 0 Å². The minimum atomic E-state index is -0.912. The van der Waals surface area contributed by atoms with Crippen LogP contribution in [0.2, 0.25) is 0 Å². The molecule has 0 aromatic carbocycles. The summed E-state index contributed by atoms with van der Waals surface area (Å²) in [4.78, 5) is 52.0. The molecule has 1 rings (SSSR count). The fraction of sp³-hybridized carbons (Fsp3) is 0.852. The van der Waals surface area contributed by atoms with Crippen LogP contribution in [0.3, 0.4) is 0 Å². The van der Waals surface area contributed by atoms with Gasteiger partial charge in [-0.1, -0.05) is 41.5 Å². The smallest absolute Gasteiger partial charge is 0.302 e. The summed E-state index contributed by atoms with van der Waals surface area (Å²) >= 11 is 0. The van der Waals surface area contributed by atoms with Crippen molar-refractivity contribution in [2.24, 2.45) is 5.41 Å². The van der Waals surface area contributed by atoms with Crippen molar-refractivity contribution in [3.05, 3.63) is 0 Å². The van der Waals surface area contributed by atoms with E-state index in [2.05, 4.69) is 29.8 Å². The zero-order chi connectivity index (χ0) is 29.4. The van der Waals surface area contributed by atoms with E-state index in [-0.39, 0.29) is 32.1 Å². The van der Waals surface area contributed by atoms with Crippen molar-refractivity contribution in [3.63, 3.8) is 0 Å². The van der Waals surface area contributed by atoms with Crippen molar-refractivity contribution in [2.45, 2.75) is 85.5 Å². The Morgan fingerprint density at radius 1 is 0.949 bits per heavy atom. The molecule has 0 aromatic rings. The van der Waals surface area contributed by atoms with Crippen LogP contribution in [-0.4, -0.2) is 112 Å². The minimum absolute atomic E-state index is 0.0802. The second-order valence-corrected chi connectivity index (χ2v) is 11.0. The lowest BCUT2D eigenvalue weighted by molar-refractivity contribution is -0.147. The van der Waals surface area contributed by atoms with Gasteiger partial charge in [0.2, 0.25) is 17.7 Å². The van der Waals surface area contributed by atoms with Crippen LogP contribution in [0.25, 0.3) is 0 Å². The summed E-state index contributed by atoms with van der Waals surface area (Å²) in [7, 11) is 0. The van der Waals surface area contributed by atoms with Gasteiger partial charge in [-0.25, -0.2) is 0 Å². The predicted molar refractivity (Wildman–Crippen MR) is 146 cm³/mol. The molecule has 3 atom stereocenters. The Bertz CT molecular complexity index is 771. The third kappa shape index (κ3) is 14.1. The van der Waals surface area contributed by atoms with Gasteiger partial charge in [-0.3, -0.25) is 19.2 Å². The first-order chi connectivity index (χ1) is 18.4. The molecule has 1 fully saturated rings. The summed E-state index contributed by atoms with van der Waals surface area (Å²) in [6.07, 6.45) is 0.356. The van der Waals surface area contributed by atoms with E-state index in [1.807, 2.05) is 27.7 Å². The number of carbonyl (C=O) groups is 4. The second kappa shape index (κ2) is 18.1. The minimum Gasteiger partial charge on any atom is -0.461 e. The number of nitrogens with one attached hydrogen (secondary N) is 3. The van der Waals surface area contributed by atoms with E-state index >= 15 is 0 Å². The molecule has 0 spiro atoms. The van der Waals surface area contributed by atoms with Crippen LogP contribution in [0.1, 0.15) is 61.3 Å². The summed E-state index contributed by atoms with van der Waals surface area (Å²) in [5, 5.41) is 8.84. The van der Waals surface area contributed by atoms with E-state index in [1.165, 1.54) is 11.8 Å². The Hall–Kier alpha value is -2.28. The number of hydrogen-bond acceptors (Lipinski definition) is 9. The van der Waals surface area contributed by atoms with Crippen molar-refractivity contribution < 1.29 is 38.1 Å². The molecule has 1 saturated heterocycles. The molecule has 0 saturated carbocycles. The van der Waals surface area contributed by atoms with Gasteiger partial charge in [0.1, 0.15) is 24.8 Å². The fourth-order valence-corrected chi connectivity index (χ4v) is 4.02. The van der Waals surface area contributed by atoms with Gasteiger partial charge >= 0.3 is 5.97 Å². The molecule has 3 unspecified atom stereocenters. The highest BCUT2D eigenvalue weighted by Gasteiger charge is 2.45. The van der Waals surface area contributed by atoms with E-state index < -0.39 is 41.4 Å². The summed E-state index contributed by atoms with van der Waals surface area (Å²) in [5.41, 5.74) is -0.648. The summed E-state index contributed by atoms with van der Waals surface area (Å²) < 4.78 is 21.6. The predicted octanol–water partition coefficient (Wildman–Crippen LogP) is 0.624. The maximum absolute atomic E-state index is 13.6. The topological polar surface area (TPSA) is 145 Å². The molecule has 39 heavy (non-hydrogen) atoms. The van der Waals surface area contributed by atoms with Gasteiger partial charge in [-0.2, -0.15) is 0 Å². The van der Waals surface area contributed by atoms with Crippen LogP contribution < -0.4 is 16.0 Å². The quantitative estimate of drug-likeness (QED) is 0.163. The number of ether oxygens (including phenoxy) is 4. The lowest BCUT2D eigenvalue weighted by Gasteiger charge is -2.35. The van der Waals surface area contributed by atoms with Crippen LogP contribution in [0.4, 0.5) is 0 Å². The standard InChI is InChI=1S/C27H50N4O8/c1-8-9-29-25(34)22-16-21(39-20(4)32)17-31(22)26(35)24(27(5,6)7)30-23(33)18-38-15-14-37-13-12-36-11-10-28-19(2)3/h19,21-22,24,28H,8-18H2,1-7H3,(H,29,34)(H,30,33). The average molecular weight is 559 g/mol. The lowest BCUT2D eigenvalue weighted by atomic mass is 9.85. The first kappa shape index (κ1) is 34.7. The molecule has 12 heteroatoms. The molecular weight excluding hydrogens is 508 g/mol. The molecule has 1 heterocycles. The highest BCUT2D eigenvalue weighted by molar-refractivity contribution is 5.93. The Balaban J connectivity index is 2.57. The maximum atomic E-state index is 13.6. The van der Waals surface area contributed by atoms with Crippen molar-refractivity contribution in [3.8, 4) is 0 Å². The molecule has 0 bridgehead atoms. The summed E-state index contributed by atoms with van der Waals surface area (Å²) in [5.74, 6) is -1.64. The van der Waals surface area contributed by atoms with Crippen molar-refractivity contribution in [1.82, 2.24) is 20.9 Å². The van der Waals surface area contributed by atoms with Gasteiger partial charge in [-0.15, -0.1) is 0 Å². The lowest BCUT2D eigenvalue weighted by Crippen LogP contribution is -2.58. The van der Waals surface area contributed by atoms with Crippen molar-refractivity contribution >= 4 is 23.7 Å². The van der Waals surface area contributed by atoms with Crippen LogP contribution >= 0.6 is 0 Å². The Kier molecular flexibility index (Phi) is 16.2. The van der Waals surface area contributed by atoms with Gasteiger partial charge < -0.3 is 39.8 Å². The van der Waals surface area contributed by atoms with E-state index in [9.17, 15) is 19.2 Å². The second-order valence-electron chi connectivity index (χ2n) is 11.0. The van der Waals surface area contributed by atoms with E-state index in [0.717, 1.165) is 13.0 Å². The average Bonchev–Trinajstić information content (AvgIpc) is 3.26. The fourth-order valence-electron chi connectivity index (χ4n) is 4.02. The molecule has 1 aliphatic heterocycles. The number of esters is 1. The van der Waals surface area contributed by atoms with Gasteiger partial charge in [0, 0.05) is 32.5 Å². The molecular formula is C27H50N4O8. The molecule has 12 nitrogen and oxygen atoms in total. The molecule has 0 aliphatic carbocycles. The third-order valence-corrected chi connectivity index (χ3v) is 5.92. The molecule has 1 aliphatic rings. The first-order valence-electron chi connectivity index (χ1n) is 13.9. The molecule has 3 amide bonds. The zero-order valence-electron chi connectivity index (χ0n) is 24.8. The largest absolute Gasteiger partial charge is 0.461 e. The zero-order valence-corrected chi connectivity index (χ0v) is 24.8. The van der Waals surface area contributed by atoms with Crippen LogP contribution in [0.15, 0.2) is 0 Å². The van der Waals surface area contributed by atoms with E-state index in [1.54, 1.807) is 0 Å². The monoisotopic (exact) mass is 558 g/mol. The van der Waals surface area contributed by atoms with Gasteiger partial charge in [0.05, 0.1) is 39.6 Å². The first-order valence-corrected chi connectivity index (χ1v) is 13.9. The van der Waals surface area contributed by atoms with Crippen LogP contribution in [0, 0.1) is 5.41 Å². The van der Waals surface area contributed by atoms with Crippen LogP contribution in [-0.2, 0) is 38.1 Å². The highest BCUT2D eigenvalue weighted by atomic mass is 16.5. The maximum Gasteiger partial charge on any atom is 0.302 e. The van der Waals surface area contributed by atoms with E-state index in [0.29, 0.717) is 39.0 Å². The van der Waals surface area contributed by atoms with Gasteiger partial charge in [0.15, 0.2) is 0 Å². The Labute approximate surface area is 233 Å². The number of amides is 3. The summed E-state index contributed by atoms with van der Waals surface area (Å²) in [6, 6.07) is -1.28. The Morgan fingerprint density at radius 3 is 2.13 bits per heavy atom. The normalized spacial score (nSPS) is 18.2.